The molecule has 3 aromatic rings. The van der Waals surface area contributed by atoms with E-state index in [-0.39, 0.29) is 11.7 Å². The number of nitrogens with zero attached hydrogens (tertiary/aromatic N) is 1. The Kier molecular flexibility index (Phi) is 3.53. The van der Waals surface area contributed by atoms with Gasteiger partial charge in [0.1, 0.15) is 11.5 Å². The standard InChI is InChI=1S/C13H11N3O2S2/c17-13(18)10-5-11(16-15-10)14-12(8-1-3-19-6-8)9-2-4-20-7-9/h1-7,12H,(H,17,18)(H2,14,15,16). The van der Waals surface area contributed by atoms with Crippen molar-refractivity contribution in [2.24, 2.45) is 0 Å². The van der Waals surface area contributed by atoms with Gasteiger partial charge in [-0.15, -0.1) is 0 Å². The maximum Gasteiger partial charge on any atom is 0.353 e. The molecular formula is C13H11N3O2S2. The van der Waals surface area contributed by atoms with Crippen LogP contribution in [0.3, 0.4) is 0 Å². The summed E-state index contributed by atoms with van der Waals surface area (Å²) >= 11 is 3.25. The fraction of sp³-hybridized carbons (Fsp3) is 0.0769. The number of hydrogen-bond acceptors (Lipinski definition) is 5. The monoisotopic (exact) mass is 305 g/mol. The number of rotatable bonds is 5. The van der Waals surface area contributed by atoms with Crippen LogP contribution in [0.2, 0.25) is 0 Å². The molecule has 0 aromatic carbocycles. The first-order chi connectivity index (χ1) is 9.74. The second-order valence-electron chi connectivity index (χ2n) is 4.16. The van der Waals surface area contributed by atoms with Crippen molar-refractivity contribution >= 4 is 34.5 Å². The lowest BCUT2D eigenvalue weighted by Gasteiger charge is -2.16. The number of carboxylic acids is 1. The van der Waals surface area contributed by atoms with Crippen LogP contribution in [0.1, 0.15) is 27.7 Å². The lowest BCUT2D eigenvalue weighted by Crippen LogP contribution is -2.11. The molecular weight excluding hydrogens is 294 g/mol. The summed E-state index contributed by atoms with van der Waals surface area (Å²) in [5, 5.41) is 26.8. The minimum Gasteiger partial charge on any atom is -0.477 e. The van der Waals surface area contributed by atoms with Gasteiger partial charge in [0.05, 0.1) is 6.04 Å². The number of thiophene rings is 2. The second kappa shape index (κ2) is 5.48. The number of aromatic nitrogens is 2. The molecule has 102 valence electrons. The second-order valence-corrected chi connectivity index (χ2v) is 5.72. The molecule has 0 fully saturated rings. The fourth-order valence-electron chi connectivity index (χ4n) is 1.89. The van der Waals surface area contributed by atoms with Crippen LogP contribution >= 0.6 is 22.7 Å². The molecule has 0 bridgehead atoms. The van der Waals surface area contributed by atoms with Gasteiger partial charge in [0, 0.05) is 6.07 Å². The molecule has 0 spiro atoms. The van der Waals surface area contributed by atoms with Crippen LogP contribution in [0.5, 0.6) is 0 Å². The number of nitrogens with one attached hydrogen (secondary N) is 2. The minimum absolute atomic E-state index is 0.0301. The molecule has 3 rings (SSSR count). The number of hydrogen-bond donors (Lipinski definition) is 3. The molecule has 0 saturated heterocycles. The molecule has 0 aliphatic carbocycles. The first-order valence-corrected chi connectivity index (χ1v) is 7.72. The Labute approximate surface area is 122 Å². The third kappa shape index (κ3) is 2.59. The minimum atomic E-state index is -1.02. The molecule has 3 heterocycles. The molecule has 0 aliphatic rings. The van der Waals surface area contributed by atoms with Crippen LogP contribution in [-0.2, 0) is 0 Å². The van der Waals surface area contributed by atoms with Crippen molar-refractivity contribution in [2.45, 2.75) is 6.04 Å². The van der Waals surface area contributed by atoms with E-state index in [4.69, 9.17) is 5.11 Å². The van der Waals surface area contributed by atoms with Gasteiger partial charge in [-0.1, -0.05) is 0 Å². The van der Waals surface area contributed by atoms with Crippen molar-refractivity contribution in [3.05, 3.63) is 56.5 Å². The van der Waals surface area contributed by atoms with Crippen LogP contribution < -0.4 is 5.32 Å². The van der Waals surface area contributed by atoms with Gasteiger partial charge in [-0.2, -0.15) is 27.8 Å². The van der Waals surface area contributed by atoms with Crippen molar-refractivity contribution < 1.29 is 9.90 Å². The number of carboxylic acid groups (broad SMARTS) is 1. The first-order valence-electron chi connectivity index (χ1n) is 5.83. The Bertz CT molecular complexity index is 655. The Morgan fingerprint density at radius 1 is 1.25 bits per heavy atom. The first kappa shape index (κ1) is 12.9. The summed E-state index contributed by atoms with van der Waals surface area (Å²) in [6.45, 7) is 0. The summed E-state index contributed by atoms with van der Waals surface area (Å²) < 4.78 is 0. The van der Waals surface area contributed by atoms with Gasteiger partial charge in [0.15, 0.2) is 0 Å². The molecule has 0 unspecified atom stereocenters. The van der Waals surface area contributed by atoms with Gasteiger partial charge in [-0.05, 0) is 44.8 Å². The Balaban J connectivity index is 1.88. The van der Waals surface area contributed by atoms with Crippen LogP contribution in [0.25, 0.3) is 0 Å². The summed E-state index contributed by atoms with van der Waals surface area (Å²) in [4.78, 5) is 10.9. The van der Waals surface area contributed by atoms with E-state index in [2.05, 4.69) is 26.3 Å². The van der Waals surface area contributed by atoms with Gasteiger partial charge in [0.2, 0.25) is 0 Å². The third-order valence-corrected chi connectivity index (χ3v) is 4.26. The maximum absolute atomic E-state index is 10.9. The fourth-order valence-corrected chi connectivity index (χ4v) is 3.26. The summed E-state index contributed by atoms with van der Waals surface area (Å²) in [5.41, 5.74) is 2.34. The number of H-pyrrole nitrogens is 1. The van der Waals surface area contributed by atoms with E-state index in [1.807, 2.05) is 22.9 Å². The predicted octanol–water partition coefficient (Wildman–Crippen LogP) is 3.43. The Morgan fingerprint density at radius 3 is 2.35 bits per heavy atom. The van der Waals surface area contributed by atoms with Crippen LogP contribution in [0.15, 0.2) is 39.7 Å². The van der Waals surface area contributed by atoms with Gasteiger partial charge in [-0.3, -0.25) is 5.10 Å². The largest absolute Gasteiger partial charge is 0.477 e. The molecule has 0 atom stereocenters. The highest BCUT2D eigenvalue weighted by Crippen LogP contribution is 2.29. The molecule has 0 radical (unpaired) electrons. The average Bonchev–Trinajstić information content (AvgIpc) is 3.17. The van der Waals surface area contributed by atoms with E-state index in [0.29, 0.717) is 5.82 Å². The topological polar surface area (TPSA) is 78.0 Å². The molecule has 0 saturated carbocycles. The average molecular weight is 305 g/mol. The highest BCUT2D eigenvalue weighted by Gasteiger charge is 2.17. The zero-order chi connectivity index (χ0) is 13.9. The van der Waals surface area contributed by atoms with Crippen LogP contribution in [0, 0.1) is 0 Å². The van der Waals surface area contributed by atoms with E-state index in [1.54, 1.807) is 22.7 Å². The zero-order valence-electron chi connectivity index (χ0n) is 10.2. The number of anilines is 1. The Morgan fingerprint density at radius 2 is 1.90 bits per heavy atom. The van der Waals surface area contributed by atoms with Crippen molar-refractivity contribution in [1.82, 2.24) is 10.2 Å². The summed E-state index contributed by atoms with van der Waals surface area (Å²) in [7, 11) is 0. The molecule has 7 heteroatoms. The van der Waals surface area contributed by atoms with E-state index in [1.165, 1.54) is 6.07 Å². The summed E-state index contributed by atoms with van der Waals surface area (Å²) in [6.07, 6.45) is 0. The molecule has 5 nitrogen and oxygen atoms in total. The van der Waals surface area contributed by atoms with Crippen LogP contribution in [0.4, 0.5) is 5.82 Å². The van der Waals surface area contributed by atoms with Crippen molar-refractivity contribution in [2.75, 3.05) is 5.32 Å². The number of aromatic carboxylic acids is 1. The quantitative estimate of drug-likeness (QED) is 0.675. The molecule has 20 heavy (non-hydrogen) atoms. The molecule has 0 aliphatic heterocycles. The Hall–Kier alpha value is -2.12. The summed E-state index contributed by atoms with van der Waals surface area (Å²) in [6, 6.07) is 5.56. The van der Waals surface area contributed by atoms with Gasteiger partial charge >= 0.3 is 5.97 Å². The molecule has 0 amide bonds. The smallest absolute Gasteiger partial charge is 0.353 e. The van der Waals surface area contributed by atoms with Gasteiger partial charge in [0.25, 0.3) is 0 Å². The summed E-state index contributed by atoms with van der Waals surface area (Å²) in [5.74, 6) is -0.502. The molecule has 3 N–H and O–H groups in total. The lowest BCUT2D eigenvalue weighted by atomic mass is 10.0. The van der Waals surface area contributed by atoms with Crippen molar-refractivity contribution in [1.29, 1.82) is 0 Å². The van der Waals surface area contributed by atoms with E-state index in [0.717, 1.165) is 11.1 Å². The van der Waals surface area contributed by atoms with Crippen molar-refractivity contribution in [3.63, 3.8) is 0 Å². The van der Waals surface area contributed by atoms with Gasteiger partial charge < -0.3 is 10.4 Å². The number of aromatic amines is 1. The lowest BCUT2D eigenvalue weighted by molar-refractivity contribution is 0.0690. The predicted molar refractivity (Wildman–Crippen MR) is 79.7 cm³/mol. The van der Waals surface area contributed by atoms with Gasteiger partial charge in [-0.25, -0.2) is 4.79 Å². The molecule has 3 aromatic heterocycles. The normalized spacial score (nSPS) is 10.8. The third-order valence-electron chi connectivity index (χ3n) is 2.85. The highest BCUT2D eigenvalue weighted by atomic mass is 32.1. The zero-order valence-corrected chi connectivity index (χ0v) is 11.9. The van der Waals surface area contributed by atoms with E-state index < -0.39 is 5.97 Å². The van der Waals surface area contributed by atoms with E-state index >= 15 is 0 Å². The maximum atomic E-state index is 10.9. The van der Waals surface area contributed by atoms with Crippen molar-refractivity contribution in [3.8, 4) is 0 Å². The number of carbonyl (C=O) groups is 1. The highest BCUT2D eigenvalue weighted by molar-refractivity contribution is 7.08. The van der Waals surface area contributed by atoms with Crippen LogP contribution in [-0.4, -0.2) is 21.3 Å². The SMILES string of the molecule is O=C(O)c1cc(NC(c2ccsc2)c2ccsc2)n[nH]1. The van der Waals surface area contributed by atoms with E-state index in [9.17, 15) is 4.79 Å².